The first-order valence-electron chi connectivity index (χ1n) is 12.7. The molecule has 1 aliphatic carbocycles. The van der Waals surface area contributed by atoms with Crippen LogP contribution in [0.15, 0.2) is 18.3 Å². The van der Waals surface area contributed by atoms with Gasteiger partial charge in [-0.15, -0.1) is 4.52 Å². The van der Waals surface area contributed by atoms with Gasteiger partial charge in [-0.1, -0.05) is 23.3 Å². The first-order chi connectivity index (χ1) is 19.0. The molecule has 39 heavy (non-hydrogen) atoms. The van der Waals surface area contributed by atoms with Crippen LogP contribution in [-0.2, 0) is 14.3 Å². The van der Waals surface area contributed by atoms with Gasteiger partial charge in [0.2, 0.25) is 0 Å². The highest BCUT2D eigenvalue weighted by atomic mass is 35.5. The molecule has 2 aromatic heterocycles. The molecule has 3 aliphatic rings. The molecule has 0 radical (unpaired) electrons. The normalized spacial score (nSPS) is 19.4. The second-order valence-corrected chi connectivity index (χ2v) is 9.88. The molecule has 13 nitrogen and oxygen atoms in total. The minimum absolute atomic E-state index is 0.0813. The van der Waals surface area contributed by atoms with Gasteiger partial charge < -0.3 is 34.8 Å². The Morgan fingerprint density at radius 3 is 2.79 bits per heavy atom. The van der Waals surface area contributed by atoms with Crippen molar-refractivity contribution in [2.45, 2.75) is 25.0 Å². The standard InChI is InChI=1S/C25H25ClN10O3/c1-28-20-13-29-23-22(30-16-2-3-16)32-25(33-36(20)23)31-17-10-15(12-27)11-18(21(17)26)35-6-9-39-19(14-35)24(37)34-4-7-38-8-5-34/h10-11,13,16,19H,2-9,14H2,(H2,30,31,32,33). The van der Waals surface area contributed by atoms with Gasteiger partial charge in [-0.25, -0.2) is 4.98 Å². The Morgan fingerprint density at radius 2 is 2.05 bits per heavy atom. The molecule has 0 spiro atoms. The number of fused-ring (bicyclic) bond motifs is 1. The van der Waals surface area contributed by atoms with Crippen LogP contribution in [0.2, 0.25) is 5.02 Å². The Bertz CT molecular complexity index is 1500. The lowest BCUT2D eigenvalue weighted by molar-refractivity contribution is -0.148. The Hall–Kier alpha value is -4.17. The zero-order chi connectivity index (χ0) is 26.9. The van der Waals surface area contributed by atoms with E-state index in [1.807, 2.05) is 4.90 Å². The van der Waals surface area contributed by atoms with Crippen molar-refractivity contribution in [3.63, 3.8) is 0 Å². The van der Waals surface area contributed by atoms with Crippen LogP contribution >= 0.6 is 11.6 Å². The molecule has 2 saturated heterocycles. The number of nitriles is 1. The van der Waals surface area contributed by atoms with E-state index < -0.39 is 6.10 Å². The molecule has 1 aromatic carbocycles. The summed E-state index contributed by atoms with van der Waals surface area (Å²) in [6, 6.07) is 5.80. The number of rotatable bonds is 6. The summed E-state index contributed by atoms with van der Waals surface area (Å²) in [5.41, 5.74) is 1.86. The van der Waals surface area contributed by atoms with Crippen LogP contribution < -0.4 is 15.5 Å². The Kier molecular flexibility index (Phi) is 6.79. The number of hydrogen-bond donors (Lipinski definition) is 2. The Balaban J connectivity index is 1.30. The molecule has 4 heterocycles. The monoisotopic (exact) mass is 548 g/mol. The molecule has 1 atom stereocenters. The van der Waals surface area contributed by atoms with Crippen molar-refractivity contribution in [3.05, 3.63) is 40.3 Å². The number of imidazole rings is 1. The predicted molar refractivity (Wildman–Crippen MR) is 142 cm³/mol. The number of aromatic nitrogens is 4. The highest BCUT2D eigenvalue weighted by Crippen LogP contribution is 2.37. The minimum atomic E-state index is -0.648. The van der Waals surface area contributed by atoms with Gasteiger partial charge in [0.25, 0.3) is 23.3 Å². The number of carbonyl (C=O) groups excluding carboxylic acids is 1. The van der Waals surface area contributed by atoms with Gasteiger partial charge in [-0.3, -0.25) is 4.79 Å². The number of carbonyl (C=O) groups is 1. The van der Waals surface area contributed by atoms with E-state index in [1.54, 1.807) is 17.0 Å². The third-order valence-electron chi connectivity index (χ3n) is 6.81. The van der Waals surface area contributed by atoms with Crippen LogP contribution in [0.1, 0.15) is 18.4 Å². The lowest BCUT2D eigenvalue weighted by Crippen LogP contribution is -2.53. The van der Waals surface area contributed by atoms with Gasteiger partial charge in [0, 0.05) is 25.7 Å². The van der Waals surface area contributed by atoms with E-state index in [1.165, 1.54) is 10.7 Å². The second-order valence-electron chi connectivity index (χ2n) is 9.50. The van der Waals surface area contributed by atoms with Crippen molar-refractivity contribution in [1.82, 2.24) is 24.5 Å². The maximum Gasteiger partial charge on any atom is 0.275 e. The fourth-order valence-corrected chi connectivity index (χ4v) is 4.91. The topological polar surface area (TPSA) is 137 Å². The summed E-state index contributed by atoms with van der Waals surface area (Å²) in [5, 5.41) is 21.0. The molecule has 1 saturated carbocycles. The number of morpholine rings is 2. The fourth-order valence-electron chi connectivity index (χ4n) is 4.64. The van der Waals surface area contributed by atoms with Gasteiger partial charge in [0.05, 0.1) is 60.6 Å². The SMILES string of the molecule is [C-]#[N+]c1cnc2c(NC3CC3)nc(Nc3cc(C#N)cc(N4CCOC(C(=O)N5CCOCC5)C4)c3Cl)nn12. The van der Waals surface area contributed by atoms with E-state index in [0.29, 0.717) is 85.5 Å². The summed E-state index contributed by atoms with van der Waals surface area (Å²) in [6.45, 7) is 10.7. The maximum atomic E-state index is 13.1. The molecule has 1 unspecified atom stereocenters. The molecular formula is C25H25ClN10O3. The van der Waals surface area contributed by atoms with Gasteiger partial charge in [-0.05, 0) is 25.0 Å². The van der Waals surface area contributed by atoms with Gasteiger partial charge >= 0.3 is 0 Å². The van der Waals surface area contributed by atoms with Gasteiger partial charge in [0.15, 0.2) is 11.9 Å². The smallest absolute Gasteiger partial charge is 0.275 e. The Morgan fingerprint density at radius 1 is 1.23 bits per heavy atom. The highest BCUT2D eigenvalue weighted by Gasteiger charge is 2.32. The number of halogens is 1. The first-order valence-corrected chi connectivity index (χ1v) is 13.1. The minimum Gasteiger partial charge on any atom is -0.378 e. The lowest BCUT2D eigenvalue weighted by atomic mass is 10.1. The third-order valence-corrected chi connectivity index (χ3v) is 7.21. The quantitative estimate of drug-likeness (QED) is 0.442. The summed E-state index contributed by atoms with van der Waals surface area (Å²) in [6.07, 6.45) is 2.87. The average molecular weight is 549 g/mol. The van der Waals surface area contributed by atoms with Crippen molar-refractivity contribution in [2.75, 3.05) is 61.5 Å². The van der Waals surface area contributed by atoms with Crippen LogP contribution in [0.25, 0.3) is 10.5 Å². The van der Waals surface area contributed by atoms with E-state index in [9.17, 15) is 10.1 Å². The predicted octanol–water partition coefficient (Wildman–Crippen LogP) is 2.58. The molecule has 0 bridgehead atoms. The van der Waals surface area contributed by atoms with Crippen molar-refractivity contribution in [2.24, 2.45) is 0 Å². The van der Waals surface area contributed by atoms with E-state index in [4.69, 9.17) is 27.6 Å². The zero-order valence-corrected chi connectivity index (χ0v) is 21.7. The number of nitrogens with zero attached hydrogens (tertiary/aromatic N) is 8. The largest absolute Gasteiger partial charge is 0.378 e. The molecule has 6 rings (SSSR count). The van der Waals surface area contributed by atoms with Crippen LogP contribution in [0.3, 0.4) is 0 Å². The molecule has 1 amide bonds. The van der Waals surface area contributed by atoms with Crippen LogP contribution in [0.5, 0.6) is 0 Å². The molecule has 200 valence electrons. The van der Waals surface area contributed by atoms with E-state index in [0.717, 1.165) is 12.8 Å². The molecule has 14 heteroatoms. The number of ether oxygens (including phenoxy) is 2. The van der Waals surface area contributed by atoms with Crippen molar-refractivity contribution in [3.8, 4) is 6.07 Å². The van der Waals surface area contributed by atoms with Crippen molar-refractivity contribution in [1.29, 1.82) is 5.26 Å². The number of nitrogens with one attached hydrogen (secondary N) is 2. The summed E-state index contributed by atoms with van der Waals surface area (Å²) in [4.78, 5) is 29.2. The summed E-state index contributed by atoms with van der Waals surface area (Å²) < 4.78 is 12.6. The molecule has 2 aliphatic heterocycles. The fraction of sp³-hybridized carbons (Fsp3) is 0.440. The zero-order valence-electron chi connectivity index (χ0n) is 20.9. The second kappa shape index (κ2) is 10.5. The molecule has 2 N–H and O–H groups in total. The van der Waals surface area contributed by atoms with Gasteiger partial charge in [-0.2, -0.15) is 10.2 Å². The van der Waals surface area contributed by atoms with Crippen LogP contribution in [-0.4, -0.2) is 88.5 Å². The van der Waals surface area contributed by atoms with Crippen molar-refractivity contribution >= 4 is 52.1 Å². The number of hydrogen-bond acceptors (Lipinski definition) is 10. The number of anilines is 4. The summed E-state index contributed by atoms with van der Waals surface area (Å²) >= 11 is 6.88. The maximum absolute atomic E-state index is 13.1. The Labute approximate surface area is 229 Å². The molecular weight excluding hydrogens is 524 g/mol. The molecule has 3 fully saturated rings. The van der Waals surface area contributed by atoms with Crippen LogP contribution in [0.4, 0.5) is 29.0 Å². The van der Waals surface area contributed by atoms with E-state index in [-0.39, 0.29) is 17.7 Å². The molecule has 3 aromatic rings. The van der Waals surface area contributed by atoms with Crippen LogP contribution in [0, 0.1) is 17.9 Å². The first kappa shape index (κ1) is 25.1. The summed E-state index contributed by atoms with van der Waals surface area (Å²) in [5.74, 6) is 0.868. The number of benzene rings is 1. The lowest BCUT2D eigenvalue weighted by Gasteiger charge is -2.37. The van der Waals surface area contributed by atoms with Gasteiger partial charge in [0.1, 0.15) is 0 Å². The van der Waals surface area contributed by atoms with Crippen molar-refractivity contribution < 1.29 is 14.3 Å². The van der Waals surface area contributed by atoms with E-state index >= 15 is 0 Å². The summed E-state index contributed by atoms with van der Waals surface area (Å²) in [7, 11) is 0. The third kappa shape index (κ3) is 5.12. The van der Waals surface area contributed by atoms with E-state index in [2.05, 4.69) is 36.6 Å². The number of amides is 1. The average Bonchev–Trinajstić information content (AvgIpc) is 3.69. The highest BCUT2D eigenvalue weighted by molar-refractivity contribution is 6.36.